The average molecular weight is 318 g/mol. The molecule has 1 aliphatic rings. The Morgan fingerprint density at radius 1 is 1.30 bits per heavy atom. The van der Waals surface area contributed by atoms with Crippen LogP contribution in [0, 0.1) is 6.92 Å². The molecule has 1 aromatic heterocycles. The molecule has 2 rings (SSSR count). The highest BCUT2D eigenvalue weighted by molar-refractivity contribution is 7.91. The zero-order valence-electron chi connectivity index (χ0n) is 11.7. The number of aryl methyl sites for hydroxylation is 1. The van der Waals surface area contributed by atoms with Crippen molar-refractivity contribution in [1.82, 2.24) is 14.2 Å². The van der Waals surface area contributed by atoms with E-state index >= 15 is 0 Å². The molecule has 0 aliphatic carbocycles. The summed E-state index contributed by atoms with van der Waals surface area (Å²) in [6, 6.07) is 0. The lowest BCUT2D eigenvalue weighted by Gasteiger charge is -2.31. The van der Waals surface area contributed by atoms with Gasteiger partial charge in [-0.1, -0.05) is 11.3 Å². The molecular formula is C11H18N4O3S2. The molecule has 1 amide bonds. The largest absolute Gasteiger partial charge is 0.304 e. The minimum atomic E-state index is -3.52. The molecule has 0 saturated carbocycles. The molecule has 1 saturated heterocycles. The van der Waals surface area contributed by atoms with Crippen molar-refractivity contribution in [1.29, 1.82) is 0 Å². The second kappa shape index (κ2) is 5.76. The molecule has 9 heteroatoms. The first-order valence-electron chi connectivity index (χ1n) is 6.24. The first kappa shape index (κ1) is 15.4. The van der Waals surface area contributed by atoms with E-state index in [1.807, 2.05) is 7.05 Å². The van der Waals surface area contributed by atoms with Gasteiger partial charge in [0.1, 0.15) is 0 Å². The van der Waals surface area contributed by atoms with Crippen LogP contribution >= 0.6 is 11.3 Å². The van der Waals surface area contributed by atoms with Gasteiger partial charge in [-0.15, -0.1) is 0 Å². The molecule has 7 nitrogen and oxygen atoms in total. The molecular weight excluding hydrogens is 300 g/mol. The predicted octanol–water partition coefficient (Wildman–Crippen LogP) is 0.346. The number of carbonyl (C=O) groups excluding carboxylic acids is 1. The van der Waals surface area contributed by atoms with E-state index in [2.05, 4.69) is 15.2 Å². The third kappa shape index (κ3) is 3.17. The number of piperazine rings is 1. The highest BCUT2D eigenvalue weighted by atomic mass is 32.2. The number of sulfonamides is 1. The van der Waals surface area contributed by atoms with E-state index in [9.17, 15) is 13.2 Å². The maximum absolute atomic E-state index is 12.6. The fraction of sp³-hybridized carbons (Fsp3) is 0.636. The predicted molar refractivity (Wildman–Crippen MR) is 77.4 cm³/mol. The van der Waals surface area contributed by atoms with Crippen molar-refractivity contribution in [2.24, 2.45) is 0 Å². The third-order valence-electron chi connectivity index (χ3n) is 3.07. The third-order valence-corrected chi connectivity index (χ3v) is 6.63. The van der Waals surface area contributed by atoms with Crippen LogP contribution in [0.4, 0.5) is 5.13 Å². The van der Waals surface area contributed by atoms with Crippen LogP contribution in [0.1, 0.15) is 12.6 Å². The van der Waals surface area contributed by atoms with Crippen LogP contribution in [0.15, 0.2) is 4.21 Å². The van der Waals surface area contributed by atoms with Crippen LogP contribution in [0.25, 0.3) is 0 Å². The molecule has 0 spiro atoms. The van der Waals surface area contributed by atoms with Gasteiger partial charge in [-0.25, -0.2) is 13.4 Å². The molecule has 1 aliphatic heterocycles. The molecule has 0 atom stereocenters. The maximum Gasteiger partial charge on any atom is 0.254 e. The van der Waals surface area contributed by atoms with E-state index in [1.54, 1.807) is 6.92 Å². The summed E-state index contributed by atoms with van der Waals surface area (Å²) in [5.41, 5.74) is 0.428. The highest BCUT2D eigenvalue weighted by Gasteiger charge is 2.31. The van der Waals surface area contributed by atoms with Crippen molar-refractivity contribution >= 4 is 32.4 Å². The van der Waals surface area contributed by atoms with Crippen molar-refractivity contribution < 1.29 is 13.2 Å². The molecule has 0 unspecified atom stereocenters. The number of rotatable bonds is 3. The number of thiazole rings is 1. The number of nitrogens with zero attached hydrogens (tertiary/aromatic N) is 3. The normalized spacial score (nSPS) is 18.1. The second-order valence-electron chi connectivity index (χ2n) is 4.78. The van der Waals surface area contributed by atoms with Crippen LogP contribution in [-0.2, 0) is 14.8 Å². The molecule has 0 bridgehead atoms. The number of aromatic nitrogens is 1. The van der Waals surface area contributed by atoms with Crippen LogP contribution in [0.2, 0.25) is 0 Å². The van der Waals surface area contributed by atoms with Gasteiger partial charge < -0.3 is 10.2 Å². The molecule has 20 heavy (non-hydrogen) atoms. The van der Waals surface area contributed by atoms with E-state index in [0.29, 0.717) is 23.9 Å². The van der Waals surface area contributed by atoms with Crippen molar-refractivity contribution in [2.45, 2.75) is 18.1 Å². The fourth-order valence-electron chi connectivity index (χ4n) is 1.97. The maximum atomic E-state index is 12.6. The Balaban J connectivity index is 2.25. The van der Waals surface area contributed by atoms with E-state index in [-0.39, 0.29) is 10.1 Å². The molecule has 1 fully saturated rings. The van der Waals surface area contributed by atoms with Gasteiger partial charge in [-0.05, 0) is 14.0 Å². The average Bonchev–Trinajstić information content (AvgIpc) is 2.70. The minimum absolute atomic E-state index is 0.214. The molecule has 1 aromatic rings. The van der Waals surface area contributed by atoms with Gasteiger partial charge in [-0.2, -0.15) is 4.31 Å². The molecule has 1 N–H and O–H groups in total. The van der Waals surface area contributed by atoms with Gasteiger partial charge in [0.2, 0.25) is 5.91 Å². The number of amides is 1. The number of anilines is 1. The van der Waals surface area contributed by atoms with E-state index in [1.165, 1.54) is 11.2 Å². The Kier molecular flexibility index (Phi) is 4.43. The SMILES string of the molecule is CC(=O)Nc1nc(C)c(S(=O)(=O)N2CCN(C)CC2)s1. The Hall–Kier alpha value is -1.03. The zero-order chi connectivity index (χ0) is 14.9. The van der Waals surface area contributed by atoms with Crippen LogP contribution in [0.5, 0.6) is 0 Å². The molecule has 112 valence electrons. The Bertz CT molecular complexity index is 603. The first-order valence-corrected chi connectivity index (χ1v) is 8.50. The van der Waals surface area contributed by atoms with E-state index < -0.39 is 10.0 Å². The summed E-state index contributed by atoms with van der Waals surface area (Å²) in [6.07, 6.45) is 0. The summed E-state index contributed by atoms with van der Waals surface area (Å²) in [7, 11) is -1.55. The van der Waals surface area contributed by atoms with Gasteiger partial charge >= 0.3 is 0 Å². The van der Waals surface area contributed by atoms with Crippen molar-refractivity contribution in [2.75, 3.05) is 38.5 Å². The Labute approximate surface area is 122 Å². The number of nitrogens with one attached hydrogen (secondary N) is 1. The zero-order valence-corrected chi connectivity index (χ0v) is 13.3. The van der Waals surface area contributed by atoms with Crippen molar-refractivity contribution in [3.63, 3.8) is 0 Å². The molecule has 0 radical (unpaired) electrons. The lowest BCUT2D eigenvalue weighted by Crippen LogP contribution is -2.46. The number of carbonyl (C=O) groups is 1. The summed E-state index contributed by atoms with van der Waals surface area (Å²) >= 11 is 1.00. The van der Waals surface area contributed by atoms with Crippen LogP contribution in [-0.4, -0.2) is 61.7 Å². The summed E-state index contributed by atoms with van der Waals surface area (Å²) in [5, 5.41) is 2.85. The summed E-state index contributed by atoms with van der Waals surface area (Å²) in [6.45, 7) is 5.40. The number of hydrogen-bond donors (Lipinski definition) is 1. The second-order valence-corrected chi connectivity index (χ2v) is 7.91. The smallest absolute Gasteiger partial charge is 0.254 e. The van der Waals surface area contributed by atoms with Crippen molar-refractivity contribution in [3.05, 3.63) is 5.69 Å². The fourth-order valence-corrected chi connectivity index (χ4v) is 4.99. The van der Waals surface area contributed by atoms with Crippen LogP contribution in [0.3, 0.4) is 0 Å². The topological polar surface area (TPSA) is 82.6 Å². The van der Waals surface area contributed by atoms with Gasteiger partial charge in [0.25, 0.3) is 10.0 Å². The number of likely N-dealkylation sites (N-methyl/N-ethyl adjacent to an activating group) is 1. The van der Waals surface area contributed by atoms with Gasteiger partial charge in [-0.3, -0.25) is 4.79 Å². The van der Waals surface area contributed by atoms with Gasteiger partial charge in [0, 0.05) is 33.1 Å². The summed E-state index contributed by atoms with van der Waals surface area (Å²) in [4.78, 5) is 17.2. The van der Waals surface area contributed by atoms with E-state index in [4.69, 9.17) is 0 Å². The van der Waals surface area contributed by atoms with Gasteiger partial charge in [0.15, 0.2) is 9.34 Å². The molecule has 0 aromatic carbocycles. The monoisotopic (exact) mass is 318 g/mol. The summed E-state index contributed by atoms with van der Waals surface area (Å²) < 4.78 is 26.8. The quantitative estimate of drug-likeness (QED) is 0.869. The first-order chi connectivity index (χ1) is 9.30. The number of hydrogen-bond acceptors (Lipinski definition) is 6. The minimum Gasteiger partial charge on any atom is -0.304 e. The lowest BCUT2D eigenvalue weighted by molar-refractivity contribution is -0.114. The Morgan fingerprint density at radius 3 is 2.45 bits per heavy atom. The lowest BCUT2D eigenvalue weighted by atomic mass is 10.4. The molecule has 2 heterocycles. The van der Waals surface area contributed by atoms with E-state index in [0.717, 1.165) is 24.4 Å². The Morgan fingerprint density at radius 2 is 1.90 bits per heavy atom. The van der Waals surface area contributed by atoms with Crippen molar-refractivity contribution in [3.8, 4) is 0 Å². The van der Waals surface area contributed by atoms with Gasteiger partial charge in [0.05, 0.1) is 5.69 Å². The standard InChI is InChI=1S/C11H18N4O3S2/c1-8-10(19-11(12-8)13-9(2)16)20(17,18)15-6-4-14(3)5-7-15/h4-7H2,1-3H3,(H,12,13,16). The summed E-state index contributed by atoms with van der Waals surface area (Å²) in [5.74, 6) is -0.262. The van der Waals surface area contributed by atoms with Crippen LogP contribution < -0.4 is 5.32 Å². The highest BCUT2D eigenvalue weighted by Crippen LogP contribution is 2.30.